The summed E-state index contributed by atoms with van der Waals surface area (Å²) in [5.41, 5.74) is -1.51. The standard InChI is InChI=1S/C17H11F13O4/c18-9-6(10(19)12(21)13(22)11(9)20)4-33-7(31)2-1-3-8(32)34-5-15(25,26)17(29,30)16(27,28)14(23)24/h14H,1-5H2. The number of benzene rings is 1. The molecule has 0 radical (unpaired) electrons. The lowest BCUT2D eigenvalue weighted by atomic mass is 10.1. The van der Waals surface area contributed by atoms with E-state index < -0.39 is 103 Å². The molecule has 34 heavy (non-hydrogen) atoms. The Hall–Kier alpha value is -2.75. The molecule has 194 valence electrons. The zero-order valence-corrected chi connectivity index (χ0v) is 16.2. The third-order valence-corrected chi connectivity index (χ3v) is 4.01. The first-order valence-corrected chi connectivity index (χ1v) is 8.61. The Morgan fingerprint density at radius 2 is 1.12 bits per heavy atom. The quantitative estimate of drug-likeness (QED) is 0.170. The molecule has 17 heteroatoms. The SMILES string of the molecule is O=C(CCCC(=O)OCC(F)(F)C(F)(F)C(F)(F)C(F)F)OCc1c(F)c(F)c(F)c(F)c1F. The number of rotatable bonds is 11. The van der Waals surface area contributed by atoms with Gasteiger partial charge in [0, 0.05) is 12.8 Å². The van der Waals surface area contributed by atoms with Crippen molar-refractivity contribution < 1.29 is 76.1 Å². The first kappa shape index (κ1) is 29.3. The van der Waals surface area contributed by atoms with Crippen LogP contribution in [0.5, 0.6) is 0 Å². The predicted octanol–water partition coefficient (Wildman–Crippen LogP) is 5.31. The molecule has 0 aliphatic rings. The Balaban J connectivity index is 2.56. The minimum Gasteiger partial charge on any atom is -0.461 e. The molecule has 0 bridgehead atoms. The van der Waals surface area contributed by atoms with E-state index >= 15 is 0 Å². The molecule has 1 rings (SSSR count). The van der Waals surface area contributed by atoms with Gasteiger partial charge in [0.1, 0.15) is 6.61 Å². The summed E-state index contributed by atoms with van der Waals surface area (Å²) in [6.45, 7) is -4.15. The number of ether oxygens (including phenoxy) is 2. The van der Waals surface area contributed by atoms with Crippen LogP contribution in [-0.2, 0) is 25.7 Å². The average molecular weight is 526 g/mol. The van der Waals surface area contributed by atoms with Crippen molar-refractivity contribution in [1.29, 1.82) is 0 Å². The van der Waals surface area contributed by atoms with E-state index in [-0.39, 0.29) is 0 Å². The zero-order chi connectivity index (χ0) is 26.6. The highest BCUT2D eigenvalue weighted by atomic mass is 19.4. The molecule has 0 saturated heterocycles. The topological polar surface area (TPSA) is 52.6 Å². The lowest BCUT2D eigenvalue weighted by Gasteiger charge is -2.31. The average Bonchev–Trinajstić information content (AvgIpc) is 2.74. The second kappa shape index (κ2) is 10.7. The smallest absolute Gasteiger partial charge is 0.381 e. The van der Waals surface area contributed by atoms with Crippen molar-refractivity contribution in [3.05, 3.63) is 34.6 Å². The molecular weight excluding hydrogens is 515 g/mol. The van der Waals surface area contributed by atoms with Crippen LogP contribution in [-0.4, -0.2) is 42.7 Å². The van der Waals surface area contributed by atoms with Gasteiger partial charge in [0.25, 0.3) is 0 Å². The molecule has 1 aromatic rings. The summed E-state index contributed by atoms with van der Waals surface area (Å²) in [6.07, 6.45) is -7.69. The second-order valence-corrected chi connectivity index (χ2v) is 6.43. The molecule has 0 aliphatic carbocycles. The van der Waals surface area contributed by atoms with Crippen LogP contribution in [0.4, 0.5) is 57.1 Å². The number of hydrogen-bond donors (Lipinski definition) is 0. The zero-order valence-electron chi connectivity index (χ0n) is 16.2. The fraction of sp³-hybridized carbons (Fsp3) is 0.529. The van der Waals surface area contributed by atoms with Crippen molar-refractivity contribution in [2.24, 2.45) is 0 Å². The van der Waals surface area contributed by atoms with Gasteiger partial charge in [0.2, 0.25) is 5.82 Å². The van der Waals surface area contributed by atoms with Crippen LogP contribution in [0.1, 0.15) is 24.8 Å². The van der Waals surface area contributed by atoms with E-state index in [0.717, 1.165) is 0 Å². The largest absolute Gasteiger partial charge is 0.461 e. The molecule has 4 nitrogen and oxygen atoms in total. The van der Waals surface area contributed by atoms with Crippen LogP contribution >= 0.6 is 0 Å². The normalized spacial score (nSPS) is 12.8. The van der Waals surface area contributed by atoms with E-state index in [9.17, 15) is 66.7 Å². The first-order chi connectivity index (χ1) is 15.4. The van der Waals surface area contributed by atoms with E-state index in [1.165, 1.54) is 0 Å². The molecule has 0 aliphatic heterocycles. The van der Waals surface area contributed by atoms with Gasteiger partial charge < -0.3 is 9.47 Å². The van der Waals surface area contributed by atoms with Crippen LogP contribution in [0.2, 0.25) is 0 Å². The van der Waals surface area contributed by atoms with E-state index in [4.69, 9.17) is 0 Å². The second-order valence-electron chi connectivity index (χ2n) is 6.43. The molecule has 0 saturated carbocycles. The Morgan fingerprint density at radius 1 is 0.706 bits per heavy atom. The highest BCUT2D eigenvalue weighted by Crippen LogP contribution is 2.48. The van der Waals surface area contributed by atoms with Crippen molar-refractivity contribution in [3.8, 4) is 0 Å². The molecule has 0 amide bonds. The van der Waals surface area contributed by atoms with Crippen molar-refractivity contribution in [2.75, 3.05) is 6.61 Å². The van der Waals surface area contributed by atoms with Gasteiger partial charge in [-0.25, -0.2) is 30.7 Å². The third kappa shape index (κ3) is 6.02. The lowest BCUT2D eigenvalue weighted by molar-refractivity contribution is -0.344. The number of carbonyl (C=O) groups is 2. The van der Waals surface area contributed by atoms with Crippen molar-refractivity contribution >= 4 is 11.9 Å². The fourth-order valence-corrected chi connectivity index (χ4v) is 2.09. The Labute approximate surface area is 180 Å². The van der Waals surface area contributed by atoms with Gasteiger partial charge in [-0.1, -0.05) is 0 Å². The summed E-state index contributed by atoms with van der Waals surface area (Å²) in [5.74, 6) is -33.8. The van der Waals surface area contributed by atoms with Crippen LogP contribution in [0.25, 0.3) is 0 Å². The monoisotopic (exact) mass is 526 g/mol. The highest BCUT2D eigenvalue weighted by molar-refractivity contribution is 5.72. The van der Waals surface area contributed by atoms with Gasteiger partial charge in [0.15, 0.2) is 29.9 Å². The highest BCUT2D eigenvalue weighted by Gasteiger charge is 2.75. The lowest BCUT2D eigenvalue weighted by Crippen LogP contribution is -2.59. The van der Waals surface area contributed by atoms with E-state index in [0.29, 0.717) is 0 Å². The number of alkyl halides is 8. The van der Waals surface area contributed by atoms with E-state index in [1.807, 2.05) is 0 Å². The van der Waals surface area contributed by atoms with Gasteiger partial charge in [-0.05, 0) is 6.42 Å². The van der Waals surface area contributed by atoms with Crippen LogP contribution in [0.3, 0.4) is 0 Å². The van der Waals surface area contributed by atoms with Crippen molar-refractivity contribution in [2.45, 2.75) is 50.1 Å². The van der Waals surface area contributed by atoms with Crippen molar-refractivity contribution in [1.82, 2.24) is 0 Å². The minimum absolute atomic E-state index is 0.663. The summed E-state index contributed by atoms with van der Waals surface area (Å²) >= 11 is 0. The molecule has 0 aromatic heterocycles. The minimum atomic E-state index is -6.60. The van der Waals surface area contributed by atoms with Crippen LogP contribution in [0, 0.1) is 29.1 Å². The summed E-state index contributed by atoms with van der Waals surface area (Å²) in [6, 6.07) is 0. The molecule has 0 heterocycles. The van der Waals surface area contributed by atoms with E-state index in [1.54, 1.807) is 0 Å². The maximum absolute atomic E-state index is 13.4. The molecule has 0 fully saturated rings. The summed E-state index contributed by atoms with van der Waals surface area (Å²) in [4.78, 5) is 22.7. The van der Waals surface area contributed by atoms with Gasteiger partial charge in [-0.2, -0.15) is 26.3 Å². The van der Waals surface area contributed by atoms with Gasteiger partial charge in [-0.3, -0.25) is 9.59 Å². The van der Waals surface area contributed by atoms with Crippen LogP contribution in [0.15, 0.2) is 0 Å². The van der Waals surface area contributed by atoms with E-state index in [2.05, 4.69) is 9.47 Å². The van der Waals surface area contributed by atoms with Gasteiger partial charge in [0.05, 0.1) is 5.56 Å². The predicted molar refractivity (Wildman–Crippen MR) is 81.7 cm³/mol. The fourth-order valence-electron chi connectivity index (χ4n) is 2.09. The summed E-state index contributed by atoms with van der Waals surface area (Å²) in [7, 11) is 0. The van der Waals surface area contributed by atoms with Crippen LogP contribution < -0.4 is 0 Å². The summed E-state index contributed by atoms with van der Waals surface area (Å²) in [5, 5.41) is 0. The number of carbonyl (C=O) groups excluding carboxylic acids is 2. The number of esters is 2. The van der Waals surface area contributed by atoms with Crippen molar-refractivity contribution in [3.63, 3.8) is 0 Å². The molecule has 0 atom stereocenters. The van der Waals surface area contributed by atoms with Gasteiger partial charge >= 0.3 is 36.1 Å². The Morgan fingerprint density at radius 3 is 1.56 bits per heavy atom. The molecule has 1 aromatic carbocycles. The molecule has 0 spiro atoms. The molecule has 0 unspecified atom stereocenters. The number of halogens is 13. The first-order valence-electron chi connectivity index (χ1n) is 8.61. The Kier molecular flexibility index (Phi) is 9.19. The summed E-state index contributed by atoms with van der Waals surface area (Å²) < 4.78 is 175. The van der Waals surface area contributed by atoms with Gasteiger partial charge in [-0.15, -0.1) is 0 Å². The number of hydrogen-bond acceptors (Lipinski definition) is 4. The Bertz CT molecular complexity index is 888. The molecule has 0 N–H and O–H groups in total. The maximum Gasteiger partial charge on any atom is 0.381 e. The third-order valence-electron chi connectivity index (χ3n) is 4.01. The molecular formula is C17H11F13O4. The maximum atomic E-state index is 13.4.